The first-order valence-corrected chi connectivity index (χ1v) is 3.69. The third-order valence-electron chi connectivity index (χ3n) is 0. The van der Waals surface area contributed by atoms with Gasteiger partial charge in [0.2, 0.25) is 0 Å². The molecule has 7 heavy (non-hydrogen) atoms. The van der Waals surface area contributed by atoms with Crippen molar-refractivity contribution in [1.29, 1.82) is 0 Å². The van der Waals surface area contributed by atoms with Crippen LogP contribution in [0.3, 0.4) is 0 Å². The summed E-state index contributed by atoms with van der Waals surface area (Å²) in [6.07, 6.45) is 0. The van der Waals surface area contributed by atoms with Crippen LogP contribution in [-0.4, -0.2) is 66.1 Å². The van der Waals surface area contributed by atoms with Crippen LogP contribution in [0.1, 0.15) is 0 Å². The SMILES string of the molecule is [KH].[Mn].[OH][Ti]([OH])([OH])[OH]. The number of rotatable bonds is 0. The Hall–Kier alpha value is 2.71. The average Bonchev–Trinajstić information content (AvgIpc) is 0.722. The van der Waals surface area contributed by atoms with Crippen molar-refractivity contribution in [2.45, 2.75) is 0 Å². The maximum atomic E-state index is 7.38. The van der Waals surface area contributed by atoms with Crippen molar-refractivity contribution in [3.8, 4) is 0 Å². The van der Waals surface area contributed by atoms with Gasteiger partial charge in [0.1, 0.15) is 0 Å². The van der Waals surface area contributed by atoms with Crippen molar-refractivity contribution < 1.29 is 50.0 Å². The number of hydrogen-bond acceptors (Lipinski definition) is 4. The van der Waals surface area contributed by atoms with E-state index in [1.54, 1.807) is 0 Å². The predicted octanol–water partition coefficient (Wildman–Crippen LogP) is -2.88. The van der Waals surface area contributed by atoms with E-state index in [2.05, 4.69) is 0 Å². The minimum atomic E-state index is -5.00. The molecule has 0 saturated heterocycles. The predicted molar refractivity (Wildman–Crippen MR) is 16.0 cm³/mol. The Labute approximate surface area is 99.1 Å². The van der Waals surface area contributed by atoms with E-state index in [4.69, 9.17) is 14.8 Å². The van der Waals surface area contributed by atoms with Crippen LogP contribution in [0.15, 0.2) is 0 Å². The van der Waals surface area contributed by atoms with Gasteiger partial charge in [-0.3, -0.25) is 0 Å². The molecule has 0 amide bonds. The van der Waals surface area contributed by atoms with Gasteiger partial charge < -0.3 is 0 Å². The Bertz CT molecular complexity index is 27.2. The van der Waals surface area contributed by atoms with Gasteiger partial charge in [-0.15, -0.1) is 0 Å². The summed E-state index contributed by atoms with van der Waals surface area (Å²) in [6, 6.07) is 0. The van der Waals surface area contributed by atoms with E-state index >= 15 is 0 Å². The van der Waals surface area contributed by atoms with Gasteiger partial charge in [0, 0.05) is 17.1 Å². The van der Waals surface area contributed by atoms with Crippen LogP contribution in [0, 0.1) is 0 Å². The van der Waals surface area contributed by atoms with Gasteiger partial charge in [-0.25, -0.2) is 0 Å². The molecule has 4 N–H and O–H groups in total. The van der Waals surface area contributed by atoms with Gasteiger partial charge in [0.05, 0.1) is 0 Å². The maximum absolute atomic E-state index is 7.38. The molecule has 0 heterocycles. The monoisotopic (exact) mass is 211 g/mol. The van der Waals surface area contributed by atoms with Gasteiger partial charge in [-0.2, -0.15) is 0 Å². The van der Waals surface area contributed by atoms with Crippen LogP contribution in [0.25, 0.3) is 0 Å². The molecular formula is H5KMnO4Ti. The zero-order valence-electron chi connectivity index (χ0n) is 2.67. The molecule has 7 heteroatoms. The summed E-state index contributed by atoms with van der Waals surface area (Å²) in [6.45, 7) is 0. The third-order valence-corrected chi connectivity index (χ3v) is 0. The summed E-state index contributed by atoms with van der Waals surface area (Å²) in [7, 11) is 0. The van der Waals surface area contributed by atoms with Crippen molar-refractivity contribution in [3.05, 3.63) is 0 Å². The van der Waals surface area contributed by atoms with Crippen molar-refractivity contribution in [2.24, 2.45) is 0 Å². The fourth-order valence-corrected chi connectivity index (χ4v) is 0. The second-order valence-electron chi connectivity index (χ2n) is 0.600. The molecule has 0 bridgehead atoms. The molecular weight excluding hydrogens is 206 g/mol. The van der Waals surface area contributed by atoms with Crippen LogP contribution < -0.4 is 0 Å². The van der Waals surface area contributed by atoms with Crippen molar-refractivity contribution in [1.82, 2.24) is 0 Å². The van der Waals surface area contributed by atoms with Crippen molar-refractivity contribution in [2.75, 3.05) is 0 Å². The molecule has 0 aliphatic carbocycles. The zero-order valence-corrected chi connectivity index (χ0v) is 5.41. The summed E-state index contributed by atoms with van der Waals surface area (Å²) in [5, 5.41) is 0. The molecule has 1 radical (unpaired) electrons. The summed E-state index contributed by atoms with van der Waals surface area (Å²) >= 11 is -5.00. The van der Waals surface area contributed by atoms with E-state index < -0.39 is 18.1 Å². The molecule has 0 aromatic rings. The third kappa shape index (κ3) is 53.4. The van der Waals surface area contributed by atoms with Crippen molar-refractivity contribution in [3.63, 3.8) is 0 Å². The van der Waals surface area contributed by atoms with E-state index in [0.717, 1.165) is 0 Å². The Morgan fingerprint density at radius 1 is 0.857 bits per heavy atom. The van der Waals surface area contributed by atoms with E-state index in [1.165, 1.54) is 0 Å². The van der Waals surface area contributed by atoms with E-state index in [0.29, 0.717) is 0 Å². The van der Waals surface area contributed by atoms with Crippen LogP contribution >= 0.6 is 0 Å². The molecule has 0 atom stereocenters. The second-order valence-corrected chi connectivity index (χ2v) is 2.47. The number of hydrogen-bond donors (Lipinski definition) is 4. The van der Waals surface area contributed by atoms with E-state index in [1.807, 2.05) is 0 Å². The fourth-order valence-electron chi connectivity index (χ4n) is 0. The summed E-state index contributed by atoms with van der Waals surface area (Å²) in [5.41, 5.74) is 0. The molecule has 0 aromatic heterocycles. The topological polar surface area (TPSA) is 80.9 Å². The van der Waals surface area contributed by atoms with Crippen LogP contribution in [0.2, 0.25) is 0 Å². The van der Waals surface area contributed by atoms with Crippen LogP contribution in [-0.2, 0) is 35.2 Å². The van der Waals surface area contributed by atoms with Gasteiger partial charge in [-0.05, 0) is 0 Å². The molecule has 0 fully saturated rings. The fraction of sp³-hybridized carbons (Fsp3) is 0. The first-order valence-electron chi connectivity index (χ1n) is 0.894. The molecule has 0 aliphatic rings. The molecule has 0 saturated carbocycles. The van der Waals surface area contributed by atoms with Gasteiger partial charge in [-0.1, -0.05) is 0 Å². The molecule has 0 unspecified atom stereocenters. The van der Waals surface area contributed by atoms with Gasteiger partial charge in [0.15, 0.2) is 0 Å². The molecule has 0 spiro atoms. The molecule has 41 valence electrons. The molecule has 0 rings (SSSR count). The Kier molecular flexibility index (Phi) is 16.0. The Morgan fingerprint density at radius 3 is 0.857 bits per heavy atom. The summed E-state index contributed by atoms with van der Waals surface area (Å²) in [5.74, 6) is 0. The van der Waals surface area contributed by atoms with Crippen LogP contribution in [0.4, 0.5) is 0 Å². The molecule has 0 aromatic carbocycles. The summed E-state index contributed by atoms with van der Waals surface area (Å²) in [4.78, 5) is 0. The Balaban J connectivity index is -0.0000000800. The molecule has 0 aliphatic heterocycles. The molecule has 4 nitrogen and oxygen atoms in total. The Morgan fingerprint density at radius 2 is 0.857 bits per heavy atom. The van der Waals surface area contributed by atoms with Gasteiger partial charge >= 0.3 is 84.3 Å². The summed E-state index contributed by atoms with van der Waals surface area (Å²) < 4.78 is 29.5. The van der Waals surface area contributed by atoms with E-state index in [9.17, 15) is 0 Å². The minimum absolute atomic E-state index is 0. The normalized spacial score (nSPS) is 8.57. The first-order chi connectivity index (χ1) is 2.00. The van der Waals surface area contributed by atoms with E-state index in [-0.39, 0.29) is 68.5 Å². The quantitative estimate of drug-likeness (QED) is 0.324. The van der Waals surface area contributed by atoms with Crippen molar-refractivity contribution >= 4 is 51.4 Å². The second kappa shape index (κ2) is 6.82. The zero-order chi connectivity index (χ0) is 4.50. The van der Waals surface area contributed by atoms with Crippen LogP contribution in [0.5, 0.6) is 0 Å². The standard InChI is InChI=1S/K.Mn.4H2O.Ti.H/h;;4*1H2;;/q;;;;;;+4;/p-4. The first kappa shape index (κ1) is 16.4. The average molecular weight is 211 g/mol. The van der Waals surface area contributed by atoms with Gasteiger partial charge in [0.25, 0.3) is 0 Å².